The highest BCUT2D eigenvalue weighted by atomic mass is 32.2. The molecule has 3 aromatic heterocycles. The smallest absolute Gasteiger partial charge is 0.329 e. The Hall–Kier alpha value is -5.60. The van der Waals surface area contributed by atoms with Crippen LogP contribution >= 0.6 is 11.3 Å². The number of benzene rings is 1. The molecule has 20 heteroatoms. The van der Waals surface area contributed by atoms with Crippen LogP contribution in [0.5, 0.6) is 11.5 Å². The lowest BCUT2D eigenvalue weighted by molar-refractivity contribution is -0.146. The Morgan fingerprint density at radius 3 is 2.42 bits per heavy atom. The molecule has 0 radical (unpaired) electrons. The Labute approximate surface area is 396 Å². The number of carbonyl (C=O) groups excluding carboxylic acids is 3. The van der Waals surface area contributed by atoms with Crippen LogP contribution in [0.4, 0.5) is 9.93 Å². The zero-order valence-corrected chi connectivity index (χ0v) is 41.0. The lowest BCUT2D eigenvalue weighted by Crippen LogP contribution is -2.60. The number of thiazole rings is 1. The quantitative estimate of drug-likeness (QED) is 0.0784. The van der Waals surface area contributed by atoms with Gasteiger partial charge in [-0.1, -0.05) is 53.0 Å². The van der Waals surface area contributed by atoms with Gasteiger partial charge in [0.15, 0.2) is 10.2 Å². The van der Waals surface area contributed by atoms with Crippen molar-refractivity contribution in [3.8, 4) is 22.9 Å². The molecule has 6 atom stereocenters. The summed E-state index contributed by atoms with van der Waals surface area (Å²) in [5.74, 6) is -1.76. The molecular weight excluding hydrogens is 899 g/mol. The summed E-state index contributed by atoms with van der Waals surface area (Å²) in [7, 11) is -1.01. The van der Waals surface area contributed by atoms with Crippen LogP contribution < -0.4 is 30.7 Å². The van der Waals surface area contributed by atoms with Crippen molar-refractivity contribution in [2.45, 2.75) is 127 Å². The molecule has 4 amide bonds. The Kier molecular flexibility index (Phi) is 14.7. The number of methoxy groups -OCH3 is 1. The fourth-order valence-corrected chi connectivity index (χ4v) is 11.1. The van der Waals surface area contributed by atoms with E-state index < -0.39 is 69.0 Å². The van der Waals surface area contributed by atoms with E-state index in [1.54, 1.807) is 37.4 Å². The number of carboxylic acids is 1. The number of fused-ring (bicyclic) bond motifs is 1. The first kappa shape index (κ1) is 49.3. The monoisotopic (exact) mass is 961 g/mol. The predicted molar refractivity (Wildman–Crippen MR) is 254 cm³/mol. The molecule has 2 saturated carbocycles. The molecule has 5 N–H and O–H groups in total. The Balaban J connectivity index is 1.18. The molecule has 1 saturated heterocycles. The maximum Gasteiger partial charge on any atom is 0.329 e. The average Bonchev–Trinajstić information content (AvgIpc) is 3.72. The second-order valence-corrected chi connectivity index (χ2v) is 22.1. The van der Waals surface area contributed by atoms with Gasteiger partial charge in [0.05, 0.1) is 24.9 Å². The second-order valence-electron chi connectivity index (χ2n) is 19.3. The normalized spacial score (nSPS) is 21.8. The van der Waals surface area contributed by atoms with Crippen LogP contribution in [-0.2, 0) is 24.4 Å². The topological polar surface area (TPSA) is 234 Å². The average molecular weight is 962 g/mol. The molecule has 0 bridgehead atoms. The van der Waals surface area contributed by atoms with E-state index in [9.17, 15) is 27.9 Å². The van der Waals surface area contributed by atoms with Crippen LogP contribution in [0.2, 0.25) is 0 Å². The first-order valence-corrected chi connectivity index (χ1v) is 25.2. The molecule has 4 heterocycles. The first-order chi connectivity index (χ1) is 31.7. The highest BCUT2D eigenvalue weighted by Gasteiger charge is 2.61. The van der Waals surface area contributed by atoms with E-state index in [4.69, 9.17) is 19.4 Å². The van der Waals surface area contributed by atoms with Gasteiger partial charge in [0, 0.05) is 61.2 Å². The van der Waals surface area contributed by atoms with Crippen molar-refractivity contribution in [1.82, 2.24) is 40.1 Å². The number of pyridine rings is 2. The third-order valence-corrected chi connectivity index (χ3v) is 15.7. The van der Waals surface area contributed by atoms with Crippen LogP contribution in [0.1, 0.15) is 86.5 Å². The van der Waals surface area contributed by atoms with Gasteiger partial charge in [-0.15, -0.1) is 11.3 Å². The molecule has 3 aliphatic rings. The second kappa shape index (κ2) is 19.9. The van der Waals surface area contributed by atoms with Gasteiger partial charge in [0.1, 0.15) is 40.9 Å². The molecule has 67 heavy (non-hydrogen) atoms. The lowest BCUT2D eigenvalue weighted by Gasteiger charge is -2.36. The van der Waals surface area contributed by atoms with E-state index in [0.29, 0.717) is 53.1 Å². The van der Waals surface area contributed by atoms with Gasteiger partial charge in [-0.3, -0.25) is 9.59 Å². The van der Waals surface area contributed by atoms with E-state index in [2.05, 4.69) is 26.3 Å². The van der Waals surface area contributed by atoms with Crippen molar-refractivity contribution in [3.05, 3.63) is 54.0 Å². The minimum Gasteiger partial charge on any atom is -0.497 e. The summed E-state index contributed by atoms with van der Waals surface area (Å²) in [5, 5.41) is 25.5. The highest BCUT2D eigenvalue weighted by Crippen LogP contribution is 2.46. The summed E-state index contributed by atoms with van der Waals surface area (Å²) in [6.07, 6.45) is 4.48. The number of sulfonamides is 1. The first-order valence-electron chi connectivity index (χ1n) is 22.9. The number of carbonyl (C=O) groups is 4. The molecule has 18 nitrogen and oxygen atoms in total. The SMILES string of the molecule is CC[C@H]1C[C@]1(NC(=O)[C@@H]1C[C@@H](Oc2cc(-c3csc(NC(C)C)n3)nc3cc(OC)ccc23)CN1C(=O)[C@@H](NC(=O)NC(CN(C)S(=O)(=O)c1ccccn1)C(C)(C)C)C1CCCC1)C(=O)O. The summed E-state index contributed by atoms with van der Waals surface area (Å²) in [5.41, 5.74) is -0.344. The predicted octanol–water partition coefficient (Wildman–Crippen LogP) is 5.89. The van der Waals surface area contributed by atoms with E-state index in [1.165, 1.54) is 35.5 Å². The molecule has 7 rings (SSSR count). The zero-order valence-electron chi connectivity index (χ0n) is 39.4. The summed E-state index contributed by atoms with van der Waals surface area (Å²) >= 11 is 1.45. The third kappa shape index (κ3) is 10.9. The number of aromatic nitrogens is 3. The van der Waals surface area contributed by atoms with E-state index in [0.717, 1.165) is 22.3 Å². The minimum atomic E-state index is -4.00. The number of ether oxygens (including phenoxy) is 2. The number of aliphatic carboxylic acids is 1. The van der Waals surface area contributed by atoms with Gasteiger partial charge < -0.3 is 40.7 Å². The summed E-state index contributed by atoms with van der Waals surface area (Å²) in [6.45, 7) is 11.4. The van der Waals surface area contributed by atoms with Crippen molar-refractivity contribution in [1.29, 1.82) is 0 Å². The Bertz CT molecular complexity index is 2560. The minimum absolute atomic E-state index is 0.0330. The molecule has 0 spiro atoms. The number of hydrogen-bond donors (Lipinski definition) is 5. The van der Waals surface area contributed by atoms with Crippen molar-refractivity contribution >= 4 is 61.2 Å². The van der Waals surface area contributed by atoms with Gasteiger partial charge in [0.25, 0.3) is 10.0 Å². The van der Waals surface area contributed by atoms with Crippen LogP contribution in [0, 0.1) is 17.3 Å². The zero-order chi connectivity index (χ0) is 48.4. The number of likely N-dealkylation sites (tertiary alicyclic amines) is 1. The van der Waals surface area contributed by atoms with Crippen molar-refractivity contribution in [2.24, 2.45) is 17.3 Å². The number of carboxylic acid groups (broad SMARTS) is 1. The van der Waals surface area contributed by atoms with Gasteiger partial charge in [0.2, 0.25) is 11.8 Å². The van der Waals surface area contributed by atoms with Crippen LogP contribution in [0.25, 0.3) is 22.3 Å². The van der Waals surface area contributed by atoms with E-state index in [-0.39, 0.29) is 48.8 Å². The maximum atomic E-state index is 15.2. The number of hydrogen-bond acceptors (Lipinski definition) is 13. The highest BCUT2D eigenvalue weighted by molar-refractivity contribution is 7.89. The Morgan fingerprint density at radius 2 is 1.79 bits per heavy atom. The van der Waals surface area contributed by atoms with E-state index in [1.807, 2.05) is 53.0 Å². The fraction of sp³-hybridized carbons (Fsp3) is 0.553. The summed E-state index contributed by atoms with van der Waals surface area (Å²) < 4.78 is 40.4. The number of nitrogens with one attached hydrogen (secondary N) is 4. The van der Waals surface area contributed by atoms with Gasteiger partial charge in [-0.2, -0.15) is 4.31 Å². The number of urea groups is 1. The number of nitrogens with zero attached hydrogens (tertiary/aromatic N) is 5. The standard InChI is InChI=1S/C47H63N9O9S2/c1-9-29-23-47(29,43(59)60)54-41(57)36-21-31(65-37-22-34(35-26-66-45(51-35)49-27(2)3)50-33-20-30(64-8)17-18-32(33)37)24-56(36)42(58)40(28-14-10-11-15-28)53-44(61)52-38(46(4,5)6)25-55(7)67(62,63)39-16-12-13-19-48-39/h12-13,16-20,22,26-29,31,36,38,40H,9-11,14-15,21,23-25H2,1-8H3,(H,49,51)(H,54,57)(H,59,60)(H2,52,53,61)/t29-,31+,36-,38?,40-,47+/m0/s1. The van der Waals surface area contributed by atoms with Gasteiger partial charge in [-0.05, 0) is 74.6 Å². The largest absolute Gasteiger partial charge is 0.497 e. The van der Waals surface area contributed by atoms with Crippen LogP contribution in [0.3, 0.4) is 0 Å². The van der Waals surface area contributed by atoms with Gasteiger partial charge in [-0.25, -0.2) is 33.0 Å². The van der Waals surface area contributed by atoms with Crippen LogP contribution in [0.15, 0.2) is 59.1 Å². The molecule has 4 aromatic rings. The molecule has 2 aliphatic carbocycles. The maximum absolute atomic E-state index is 15.2. The summed E-state index contributed by atoms with van der Waals surface area (Å²) in [4.78, 5) is 71.5. The number of anilines is 1. The fourth-order valence-electron chi connectivity index (χ4n) is 9.13. The molecule has 1 aliphatic heterocycles. The van der Waals surface area contributed by atoms with Crippen molar-refractivity contribution < 1.29 is 42.2 Å². The van der Waals surface area contributed by atoms with E-state index >= 15 is 4.79 Å². The number of amides is 4. The third-order valence-electron chi connectivity index (χ3n) is 13.2. The molecule has 1 aromatic carbocycles. The van der Waals surface area contributed by atoms with Crippen LogP contribution in [-0.4, -0.2) is 125 Å². The van der Waals surface area contributed by atoms with Crippen molar-refractivity contribution in [2.75, 3.05) is 32.6 Å². The molecular formula is C47H63N9O9S2. The Morgan fingerprint density at radius 1 is 1.04 bits per heavy atom. The number of rotatable bonds is 18. The molecule has 362 valence electrons. The van der Waals surface area contributed by atoms with Gasteiger partial charge >= 0.3 is 12.0 Å². The van der Waals surface area contributed by atoms with Crippen molar-refractivity contribution in [3.63, 3.8) is 0 Å². The lowest BCUT2D eigenvalue weighted by atomic mass is 9.86. The number of likely N-dealkylation sites (N-methyl/N-ethyl adjacent to an activating group) is 1. The molecule has 1 unspecified atom stereocenters. The summed E-state index contributed by atoms with van der Waals surface area (Å²) in [6, 6.07) is 8.40. The molecule has 3 fully saturated rings.